The summed E-state index contributed by atoms with van der Waals surface area (Å²) in [7, 11) is -2.39. The van der Waals surface area contributed by atoms with Gasteiger partial charge in [-0.1, -0.05) is 0 Å². The van der Waals surface area contributed by atoms with Crippen LogP contribution in [0.15, 0.2) is 41.4 Å². The molecule has 9 nitrogen and oxygen atoms in total. The van der Waals surface area contributed by atoms with E-state index in [1.165, 1.54) is 33.3 Å². The van der Waals surface area contributed by atoms with Gasteiger partial charge in [-0.3, -0.25) is 4.79 Å². The SMILES string of the molecule is CCOC(=O)c1cc(S(=O)(=O)N2CCC[C@@H]2C(=O)N2CCN(c3ccc(F)cc3)CC2)cn1C. The van der Waals surface area contributed by atoms with Crippen LogP contribution in [0.4, 0.5) is 10.1 Å². The standard InChI is InChI=1S/C23H29FN4O5S/c1-3-33-23(30)21-15-19(16-25(21)2)34(31,32)28-10-4-5-20(28)22(29)27-13-11-26(12-14-27)18-8-6-17(24)7-9-18/h6-9,15-16,20H,3-5,10-14H2,1-2H3/t20-/m1/s1. The molecule has 0 bridgehead atoms. The fourth-order valence-electron chi connectivity index (χ4n) is 4.54. The molecular formula is C23H29FN4O5S. The van der Waals surface area contributed by atoms with Crippen LogP contribution in [0.5, 0.6) is 0 Å². The molecule has 0 radical (unpaired) electrons. The number of piperazine rings is 1. The molecule has 4 rings (SSSR count). The van der Waals surface area contributed by atoms with E-state index >= 15 is 0 Å². The molecule has 3 heterocycles. The number of carbonyl (C=O) groups is 2. The van der Waals surface area contributed by atoms with E-state index in [0.717, 1.165) is 5.69 Å². The number of amides is 1. The van der Waals surface area contributed by atoms with E-state index in [1.54, 1.807) is 31.0 Å². The van der Waals surface area contributed by atoms with Crippen molar-refractivity contribution in [3.8, 4) is 0 Å². The Bertz CT molecular complexity index is 1160. The Kier molecular flexibility index (Phi) is 6.94. The molecule has 184 valence electrons. The first kappa shape index (κ1) is 24.2. The molecule has 2 aliphatic rings. The number of rotatable bonds is 6. The third-order valence-electron chi connectivity index (χ3n) is 6.34. The zero-order chi connectivity index (χ0) is 24.5. The topological polar surface area (TPSA) is 92.2 Å². The minimum atomic E-state index is -3.97. The molecule has 0 unspecified atom stereocenters. The van der Waals surface area contributed by atoms with E-state index in [1.807, 2.05) is 0 Å². The minimum absolute atomic E-state index is 0.0288. The molecule has 2 saturated heterocycles. The molecule has 0 spiro atoms. The van der Waals surface area contributed by atoms with Crippen LogP contribution in [0.2, 0.25) is 0 Å². The number of anilines is 1. The fraction of sp³-hybridized carbons (Fsp3) is 0.478. The Morgan fingerprint density at radius 2 is 1.76 bits per heavy atom. The van der Waals surface area contributed by atoms with Crippen LogP contribution in [0.25, 0.3) is 0 Å². The predicted molar refractivity (Wildman–Crippen MR) is 123 cm³/mol. The Morgan fingerprint density at radius 3 is 2.41 bits per heavy atom. The van der Waals surface area contributed by atoms with Crippen molar-refractivity contribution in [3.05, 3.63) is 48.0 Å². The molecule has 0 aliphatic carbocycles. The average molecular weight is 493 g/mol. The summed E-state index contributed by atoms with van der Waals surface area (Å²) in [5.74, 6) is -1.10. The number of esters is 1. The number of aryl methyl sites for hydroxylation is 1. The Hall–Kier alpha value is -2.92. The van der Waals surface area contributed by atoms with Crippen LogP contribution in [0.1, 0.15) is 30.3 Å². The van der Waals surface area contributed by atoms with Crippen LogP contribution < -0.4 is 4.90 Å². The summed E-state index contributed by atoms with van der Waals surface area (Å²) in [6.07, 6.45) is 2.42. The summed E-state index contributed by atoms with van der Waals surface area (Å²) >= 11 is 0. The maximum atomic E-state index is 13.4. The molecular weight excluding hydrogens is 463 g/mol. The van der Waals surface area contributed by atoms with Crippen molar-refractivity contribution in [1.29, 1.82) is 0 Å². The number of hydrogen-bond donors (Lipinski definition) is 0. The van der Waals surface area contributed by atoms with Crippen LogP contribution in [-0.4, -0.2) is 79.4 Å². The van der Waals surface area contributed by atoms with Crippen molar-refractivity contribution in [1.82, 2.24) is 13.8 Å². The third kappa shape index (κ3) is 4.67. The second kappa shape index (κ2) is 9.75. The summed E-state index contributed by atoms with van der Waals surface area (Å²) in [6.45, 7) is 4.19. The fourth-order valence-corrected chi connectivity index (χ4v) is 6.26. The number of carbonyl (C=O) groups excluding carboxylic acids is 2. The molecule has 1 aromatic carbocycles. The Balaban J connectivity index is 1.46. The van der Waals surface area contributed by atoms with E-state index in [9.17, 15) is 22.4 Å². The first-order valence-electron chi connectivity index (χ1n) is 11.4. The molecule has 2 fully saturated rings. The maximum Gasteiger partial charge on any atom is 0.354 e. The summed E-state index contributed by atoms with van der Waals surface area (Å²) in [6, 6.07) is 6.77. The van der Waals surface area contributed by atoms with E-state index in [0.29, 0.717) is 39.0 Å². The van der Waals surface area contributed by atoms with Gasteiger partial charge in [0.15, 0.2) is 0 Å². The lowest BCUT2D eigenvalue weighted by atomic mass is 10.1. The van der Waals surface area contributed by atoms with Crippen LogP contribution in [0, 0.1) is 5.82 Å². The zero-order valence-electron chi connectivity index (χ0n) is 19.3. The van der Waals surface area contributed by atoms with Crippen LogP contribution in [-0.2, 0) is 26.6 Å². The molecule has 0 N–H and O–H groups in total. The number of sulfonamides is 1. The largest absolute Gasteiger partial charge is 0.461 e. The van der Waals surface area contributed by atoms with E-state index in [-0.39, 0.29) is 35.5 Å². The second-order valence-corrected chi connectivity index (χ2v) is 10.3. The van der Waals surface area contributed by atoms with Gasteiger partial charge in [-0.2, -0.15) is 4.31 Å². The number of aromatic nitrogens is 1. The van der Waals surface area contributed by atoms with Crippen molar-refractivity contribution in [2.75, 3.05) is 44.2 Å². The highest BCUT2D eigenvalue weighted by Crippen LogP contribution is 2.29. The summed E-state index contributed by atoms with van der Waals surface area (Å²) in [5, 5.41) is 0. The van der Waals surface area contributed by atoms with Gasteiger partial charge in [0, 0.05) is 51.7 Å². The first-order valence-corrected chi connectivity index (χ1v) is 12.8. The molecule has 1 atom stereocenters. The Labute approximate surface area is 198 Å². The van der Waals surface area contributed by atoms with Gasteiger partial charge in [0.1, 0.15) is 22.4 Å². The van der Waals surface area contributed by atoms with Gasteiger partial charge in [-0.05, 0) is 50.1 Å². The van der Waals surface area contributed by atoms with E-state index in [4.69, 9.17) is 4.74 Å². The second-order valence-electron chi connectivity index (χ2n) is 8.45. The van der Waals surface area contributed by atoms with Crippen molar-refractivity contribution in [3.63, 3.8) is 0 Å². The molecule has 2 aromatic rings. The molecule has 34 heavy (non-hydrogen) atoms. The van der Waals surface area contributed by atoms with Crippen molar-refractivity contribution >= 4 is 27.6 Å². The quantitative estimate of drug-likeness (QED) is 0.572. The van der Waals surface area contributed by atoms with Gasteiger partial charge >= 0.3 is 5.97 Å². The molecule has 0 saturated carbocycles. The van der Waals surface area contributed by atoms with Gasteiger partial charge < -0.3 is 19.1 Å². The normalized spacial score (nSPS) is 19.4. The summed E-state index contributed by atoms with van der Waals surface area (Å²) < 4.78 is 47.7. The first-order chi connectivity index (χ1) is 16.2. The van der Waals surface area contributed by atoms with Gasteiger partial charge in [0.2, 0.25) is 15.9 Å². The molecule has 2 aliphatic heterocycles. The van der Waals surface area contributed by atoms with Crippen LogP contribution >= 0.6 is 0 Å². The number of nitrogens with zero attached hydrogens (tertiary/aromatic N) is 4. The summed E-state index contributed by atoms with van der Waals surface area (Å²) in [5.41, 5.74) is 1.03. The lowest BCUT2D eigenvalue weighted by Gasteiger charge is -2.38. The third-order valence-corrected chi connectivity index (χ3v) is 8.22. The highest BCUT2D eigenvalue weighted by Gasteiger charge is 2.42. The van der Waals surface area contributed by atoms with E-state index in [2.05, 4.69) is 4.90 Å². The van der Waals surface area contributed by atoms with Crippen molar-refractivity contribution in [2.45, 2.75) is 30.7 Å². The lowest BCUT2D eigenvalue weighted by Crippen LogP contribution is -2.54. The zero-order valence-corrected chi connectivity index (χ0v) is 20.1. The summed E-state index contributed by atoms with van der Waals surface area (Å²) in [4.78, 5) is 29.2. The number of ether oxygens (including phenoxy) is 1. The highest BCUT2D eigenvalue weighted by atomic mass is 32.2. The molecule has 1 amide bonds. The predicted octanol–water partition coefficient (Wildman–Crippen LogP) is 1.84. The number of halogens is 1. The highest BCUT2D eigenvalue weighted by molar-refractivity contribution is 7.89. The average Bonchev–Trinajstić information content (AvgIpc) is 3.47. The number of hydrogen-bond acceptors (Lipinski definition) is 6. The van der Waals surface area contributed by atoms with Gasteiger partial charge in [0.05, 0.1) is 6.61 Å². The lowest BCUT2D eigenvalue weighted by molar-refractivity contribution is -0.134. The Morgan fingerprint density at radius 1 is 1.09 bits per heavy atom. The van der Waals surface area contributed by atoms with E-state index < -0.39 is 22.0 Å². The smallest absolute Gasteiger partial charge is 0.354 e. The van der Waals surface area contributed by atoms with Gasteiger partial charge in [-0.25, -0.2) is 17.6 Å². The molecule has 1 aromatic heterocycles. The van der Waals surface area contributed by atoms with Gasteiger partial charge in [0.25, 0.3) is 0 Å². The van der Waals surface area contributed by atoms with Crippen LogP contribution in [0.3, 0.4) is 0 Å². The monoisotopic (exact) mass is 492 g/mol. The maximum absolute atomic E-state index is 13.4. The van der Waals surface area contributed by atoms with Crippen molar-refractivity contribution < 1.29 is 27.1 Å². The van der Waals surface area contributed by atoms with Crippen molar-refractivity contribution in [2.24, 2.45) is 7.05 Å². The minimum Gasteiger partial charge on any atom is -0.461 e. The number of benzene rings is 1. The van der Waals surface area contributed by atoms with Gasteiger partial charge in [-0.15, -0.1) is 0 Å². The molecule has 11 heteroatoms.